The molecule has 4 aliphatic carbocycles. The molecule has 4 aliphatic rings. The molecular formula is C21H24N2O3. The molecule has 5 nitrogen and oxygen atoms in total. The van der Waals surface area contributed by atoms with Crippen molar-refractivity contribution in [2.45, 2.75) is 50.5 Å². The van der Waals surface area contributed by atoms with Crippen LogP contribution in [0.2, 0.25) is 0 Å². The number of nitrogens with two attached hydrogens (primary N) is 1. The number of anilines is 1. The minimum absolute atomic E-state index is 0.104. The van der Waals surface area contributed by atoms with E-state index in [1.165, 1.54) is 50.2 Å². The lowest BCUT2D eigenvalue weighted by Gasteiger charge is -2.57. The Morgan fingerprint density at radius 2 is 1.73 bits per heavy atom. The molecule has 1 aromatic heterocycles. The Kier molecular flexibility index (Phi) is 3.59. The minimum Gasteiger partial charge on any atom is -0.456 e. The van der Waals surface area contributed by atoms with Crippen LogP contribution in [0.1, 0.15) is 60.1 Å². The molecule has 2 N–H and O–H groups in total. The highest BCUT2D eigenvalue weighted by atomic mass is 16.5. The third kappa shape index (κ3) is 2.70. The summed E-state index contributed by atoms with van der Waals surface area (Å²) >= 11 is 0. The van der Waals surface area contributed by atoms with Crippen molar-refractivity contribution in [1.82, 2.24) is 5.16 Å². The second-order valence-electron chi connectivity index (χ2n) is 8.59. The van der Waals surface area contributed by atoms with E-state index >= 15 is 0 Å². The van der Waals surface area contributed by atoms with Gasteiger partial charge in [0.25, 0.3) is 0 Å². The number of benzene rings is 1. The molecule has 0 atom stereocenters. The minimum atomic E-state index is -0.518. The van der Waals surface area contributed by atoms with E-state index in [9.17, 15) is 4.79 Å². The molecule has 0 radical (unpaired) electrons. The predicted molar refractivity (Wildman–Crippen MR) is 96.3 cm³/mol. The monoisotopic (exact) mass is 352 g/mol. The molecule has 5 heteroatoms. The second kappa shape index (κ2) is 5.86. The first-order chi connectivity index (χ1) is 12.6. The summed E-state index contributed by atoms with van der Waals surface area (Å²) in [5.41, 5.74) is 8.41. The summed E-state index contributed by atoms with van der Waals surface area (Å²) in [5.74, 6) is 2.41. The molecule has 4 bridgehead atoms. The fourth-order valence-electron chi connectivity index (χ4n) is 6.03. The van der Waals surface area contributed by atoms with Gasteiger partial charge < -0.3 is 15.0 Å². The summed E-state index contributed by atoms with van der Waals surface area (Å²) in [5, 5.41) is 3.57. The number of carbonyl (C=O) groups excluding carboxylic acids is 1. The lowest BCUT2D eigenvalue weighted by Crippen LogP contribution is -2.48. The van der Waals surface area contributed by atoms with Crippen LogP contribution in [0.25, 0.3) is 0 Å². The largest absolute Gasteiger partial charge is 0.456 e. The SMILES string of the molecule is Nc1cc(C(=O)OCc2ccc(C34CC5CC(CC(C5)C3)C4)cc2)no1. The highest BCUT2D eigenvalue weighted by Crippen LogP contribution is 2.60. The van der Waals surface area contributed by atoms with Gasteiger partial charge in [0.1, 0.15) is 6.61 Å². The summed E-state index contributed by atoms with van der Waals surface area (Å²) in [6.45, 7) is 0.229. The molecule has 0 unspecified atom stereocenters. The number of nitrogens with zero attached hydrogens (tertiary/aromatic N) is 1. The van der Waals surface area contributed by atoms with Gasteiger partial charge in [0.15, 0.2) is 5.69 Å². The van der Waals surface area contributed by atoms with Crippen LogP contribution in [0, 0.1) is 17.8 Å². The van der Waals surface area contributed by atoms with Crippen molar-refractivity contribution in [2.24, 2.45) is 17.8 Å². The average molecular weight is 352 g/mol. The van der Waals surface area contributed by atoms with Gasteiger partial charge in [-0.05, 0) is 72.8 Å². The fourth-order valence-corrected chi connectivity index (χ4v) is 6.03. The van der Waals surface area contributed by atoms with Crippen molar-refractivity contribution < 1.29 is 14.1 Å². The van der Waals surface area contributed by atoms with E-state index in [-0.39, 0.29) is 18.2 Å². The predicted octanol–water partition coefficient (Wildman–Crippen LogP) is 4.08. The second-order valence-corrected chi connectivity index (χ2v) is 8.59. The van der Waals surface area contributed by atoms with Gasteiger partial charge in [-0.15, -0.1) is 0 Å². The fraction of sp³-hybridized carbons (Fsp3) is 0.524. The zero-order valence-corrected chi connectivity index (χ0v) is 14.8. The van der Waals surface area contributed by atoms with Gasteiger partial charge >= 0.3 is 5.97 Å². The van der Waals surface area contributed by atoms with Crippen molar-refractivity contribution in [2.75, 3.05) is 5.73 Å². The molecular weight excluding hydrogens is 328 g/mol. The van der Waals surface area contributed by atoms with Crippen molar-refractivity contribution >= 4 is 11.9 Å². The van der Waals surface area contributed by atoms with Crippen LogP contribution in [0.3, 0.4) is 0 Å². The number of carbonyl (C=O) groups is 1. The van der Waals surface area contributed by atoms with Gasteiger partial charge in [-0.2, -0.15) is 0 Å². The maximum atomic E-state index is 11.9. The Labute approximate surface area is 152 Å². The summed E-state index contributed by atoms with van der Waals surface area (Å²) in [7, 11) is 0. The number of hydrogen-bond acceptors (Lipinski definition) is 5. The Bertz CT molecular complexity index is 789. The maximum Gasteiger partial charge on any atom is 0.360 e. The van der Waals surface area contributed by atoms with Gasteiger partial charge in [0, 0.05) is 6.07 Å². The molecule has 4 fully saturated rings. The highest BCUT2D eigenvalue weighted by Gasteiger charge is 2.51. The number of nitrogen functional groups attached to an aromatic ring is 1. The normalized spacial score (nSPS) is 31.9. The molecule has 136 valence electrons. The Morgan fingerprint density at radius 3 is 2.27 bits per heavy atom. The Morgan fingerprint density at radius 1 is 1.12 bits per heavy atom. The van der Waals surface area contributed by atoms with E-state index in [4.69, 9.17) is 15.0 Å². The lowest BCUT2D eigenvalue weighted by molar-refractivity contribution is -0.00521. The standard InChI is InChI=1S/C21H24N2O3/c22-19-8-18(23-26-19)20(24)25-12-13-1-3-17(4-2-13)21-9-14-5-15(10-21)7-16(6-14)11-21/h1-4,8,14-16H,5-7,9-12,22H2. The molecule has 0 aliphatic heterocycles. The van der Waals surface area contributed by atoms with Crippen LogP contribution in [0.5, 0.6) is 0 Å². The van der Waals surface area contributed by atoms with Gasteiger partial charge in [0.2, 0.25) is 5.88 Å². The number of esters is 1. The van der Waals surface area contributed by atoms with E-state index in [1.807, 2.05) is 0 Å². The van der Waals surface area contributed by atoms with Crippen LogP contribution in [0.4, 0.5) is 5.88 Å². The number of ether oxygens (including phenoxy) is 1. The quantitative estimate of drug-likeness (QED) is 0.839. The van der Waals surface area contributed by atoms with Gasteiger partial charge in [-0.25, -0.2) is 4.79 Å². The first-order valence-electron chi connectivity index (χ1n) is 9.58. The summed E-state index contributed by atoms with van der Waals surface area (Å²) in [6.07, 6.45) is 8.46. The number of rotatable bonds is 4. The lowest BCUT2D eigenvalue weighted by atomic mass is 9.48. The molecule has 0 amide bonds. The molecule has 2 aromatic rings. The molecule has 26 heavy (non-hydrogen) atoms. The first kappa shape index (κ1) is 15.9. The van der Waals surface area contributed by atoms with E-state index in [2.05, 4.69) is 29.4 Å². The molecule has 0 spiro atoms. The molecule has 4 saturated carbocycles. The van der Waals surface area contributed by atoms with E-state index in [1.54, 1.807) is 0 Å². The number of hydrogen-bond donors (Lipinski definition) is 1. The molecule has 1 aromatic carbocycles. The van der Waals surface area contributed by atoms with Crippen LogP contribution in [-0.4, -0.2) is 11.1 Å². The van der Waals surface area contributed by atoms with Crippen LogP contribution < -0.4 is 5.73 Å². The van der Waals surface area contributed by atoms with Crippen molar-refractivity contribution in [3.63, 3.8) is 0 Å². The smallest absolute Gasteiger partial charge is 0.360 e. The van der Waals surface area contributed by atoms with Gasteiger partial charge in [0.05, 0.1) is 0 Å². The third-order valence-corrected chi connectivity index (χ3v) is 6.71. The van der Waals surface area contributed by atoms with Crippen LogP contribution >= 0.6 is 0 Å². The van der Waals surface area contributed by atoms with Gasteiger partial charge in [-0.3, -0.25) is 0 Å². The zero-order chi connectivity index (χ0) is 17.7. The Balaban J connectivity index is 1.27. The molecule has 0 saturated heterocycles. The zero-order valence-electron chi connectivity index (χ0n) is 14.8. The number of aromatic nitrogens is 1. The molecule has 1 heterocycles. The van der Waals surface area contributed by atoms with E-state index in [0.717, 1.165) is 23.3 Å². The summed E-state index contributed by atoms with van der Waals surface area (Å²) in [6, 6.07) is 10.1. The average Bonchev–Trinajstić information content (AvgIpc) is 3.05. The molecule has 6 rings (SSSR count). The van der Waals surface area contributed by atoms with Gasteiger partial charge in [-0.1, -0.05) is 29.4 Å². The maximum absolute atomic E-state index is 11.9. The van der Waals surface area contributed by atoms with E-state index in [0.29, 0.717) is 5.41 Å². The van der Waals surface area contributed by atoms with Crippen molar-refractivity contribution in [3.05, 3.63) is 47.2 Å². The van der Waals surface area contributed by atoms with Crippen LogP contribution in [0.15, 0.2) is 34.9 Å². The highest BCUT2D eigenvalue weighted by molar-refractivity contribution is 5.87. The first-order valence-corrected chi connectivity index (χ1v) is 9.58. The summed E-state index contributed by atoms with van der Waals surface area (Å²) in [4.78, 5) is 11.9. The summed E-state index contributed by atoms with van der Waals surface area (Å²) < 4.78 is 10.00. The van der Waals surface area contributed by atoms with E-state index < -0.39 is 5.97 Å². The Hall–Kier alpha value is -2.30. The van der Waals surface area contributed by atoms with Crippen LogP contribution in [-0.2, 0) is 16.8 Å². The van der Waals surface area contributed by atoms with Crippen molar-refractivity contribution in [3.8, 4) is 0 Å². The third-order valence-electron chi connectivity index (χ3n) is 6.71. The van der Waals surface area contributed by atoms with Crippen molar-refractivity contribution in [1.29, 1.82) is 0 Å². The topological polar surface area (TPSA) is 78.4 Å².